The van der Waals surface area contributed by atoms with Crippen LogP contribution in [-0.4, -0.2) is 17.3 Å². The molecule has 112 valence electrons. The van der Waals surface area contributed by atoms with Crippen LogP contribution in [0.4, 0.5) is 0 Å². The van der Waals surface area contributed by atoms with Crippen molar-refractivity contribution in [3.8, 4) is 0 Å². The molecule has 0 aromatic rings. The average Bonchev–Trinajstić information content (AvgIpc) is 2.25. The molecule has 2 aliphatic carbocycles. The molecule has 3 N–H and O–H groups in total. The van der Waals surface area contributed by atoms with Crippen LogP contribution in [-0.2, 0) is 0 Å². The van der Waals surface area contributed by atoms with Gasteiger partial charge in [-0.2, -0.15) is 0 Å². The molecule has 2 saturated carbocycles. The van der Waals surface area contributed by atoms with E-state index in [2.05, 4.69) is 27.7 Å². The van der Waals surface area contributed by atoms with Crippen molar-refractivity contribution in [3.63, 3.8) is 0 Å². The van der Waals surface area contributed by atoms with Crippen molar-refractivity contribution in [1.82, 2.24) is 0 Å². The van der Waals surface area contributed by atoms with Gasteiger partial charge in [-0.25, -0.2) is 0 Å². The molecule has 0 aliphatic heterocycles. The normalized spacial score (nSPS) is 31.9. The minimum Gasteiger partial charge on any atom is -0.389 e. The summed E-state index contributed by atoms with van der Waals surface area (Å²) in [6, 6.07) is 0. The van der Waals surface area contributed by atoms with Crippen molar-refractivity contribution in [3.05, 3.63) is 0 Å². The molecular formula is C17H33NO. The fourth-order valence-electron chi connectivity index (χ4n) is 5.53. The SMILES string of the molecule is CC1(C)CC(C)(C)CC(O)(C2(CN)CCCCC2)C1. The average molecular weight is 267 g/mol. The van der Waals surface area contributed by atoms with Crippen LogP contribution < -0.4 is 5.73 Å². The molecule has 2 nitrogen and oxygen atoms in total. The van der Waals surface area contributed by atoms with Gasteiger partial charge in [0.05, 0.1) is 5.60 Å². The van der Waals surface area contributed by atoms with E-state index in [0.29, 0.717) is 6.54 Å². The molecule has 2 fully saturated rings. The zero-order chi connectivity index (χ0) is 14.4. The Morgan fingerprint density at radius 2 is 1.32 bits per heavy atom. The smallest absolute Gasteiger partial charge is 0.0725 e. The molecule has 0 heterocycles. The number of hydrogen-bond donors (Lipinski definition) is 2. The van der Waals surface area contributed by atoms with Gasteiger partial charge in [0.25, 0.3) is 0 Å². The van der Waals surface area contributed by atoms with Crippen molar-refractivity contribution in [2.45, 2.75) is 84.7 Å². The molecule has 0 aromatic carbocycles. The van der Waals surface area contributed by atoms with E-state index in [1.54, 1.807) is 0 Å². The Balaban J connectivity index is 2.33. The van der Waals surface area contributed by atoms with Crippen LogP contribution >= 0.6 is 0 Å². The van der Waals surface area contributed by atoms with Crippen LogP contribution in [0.1, 0.15) is 79.1 Å². The zero-order valence-electron chi connectivity index (χ0n) is 13.4. The van der Waals surface area contributed by atoms with Crippen LogP contribution in [0.25, 0.3) is 0 Å². The van der Waals surface area contributed by atoms with Gasteiger partial charge < -0.3 is 10.8 Å². The third-order valence-electron chi connectivity index (χ3n) is 5.69. The Kier molecular flexibility index (Phi) is 3.81. The first-order valence-corrected chi connectivity index (χ1v) is 8.06. The van der Waals surface area contributed by atoms with Gasteiger partial charge in [-0.3, -0.25) is 0 Å². The van der Waals surface area contributed by atoms with Crippen LogP contribution in [0.15, 0.2) is 0 Å². The van der Waals surface area contributed by atoms with Gasteiger partial charge in [0.2, 0.25) is 0 Å². The summed E-state index contributed by atoms with van der Waals surface area (Å²) < 4.78 is 0. The number of rotatable bonds is 2. The largest absolute Gasteiger partial charge is 0.389 e. The molecule has 0 bridgehead atoms. The second-order valence-electron chi connectivity index (χ2n) is 8.94. The lowest BCUT2D eigenvalue weighted by Gasteiger charge is -2.58. The van der Waals surface area contributed by atoms with Gasteiger partial charge in [0, 0.05) is 12.0 Å². The number of hydrogen-bond acceptors (Lipinski definition) is 2. The number of aliphatic hydroxyl groups is 1. The Morgan fingerprint density at radius 3 is 1.74 bits per heavy atom. The van der Waals surface area contributed by atoms with E-state index >= 15 is 0 Å². The fourth-order valence-corrected chi connectivity index (χ4v) is 5.53. The summed E-state index contributed by atoms with van der Waals surface area (Å²) in [5.74, 6) is 0. The Labute approximate surface area is 119 Å². The lowest BCUT2D eigenvalue weighted by molar-refractivity contribution is -0.173. The maximum absolute atomic E-state index is 11.5. The molecular weight excluding hydrogens is 234 g/mol. The summed E-state index contributed by atoms with van der Waals surface area (Å²) in [6.45, 7) is 9.89. The van der Waals surface area contributed by atoms with Crippen LogP contribution in [0.3, 0.4) is 0 Å². The fraction of sp³-hybridized carbons (Fsp3) is 1.00. The highest BCUT2D eigenvalue weighted by Crippen LogP contribution is 2.58. The molecule has 2 aliphatic rings. The van der Waals surface area contributed by atoms with Gasteiger partial charge in [0.1, 0.15) is 0 Å². The predicted molar refractivity (Wildman–Crippen MR) is 80.9 cm³/mol. The molecule has 0 radical (unpaired) electrons. The lowest BCUT2D eigenvalue weighted by atomic mass is 9.50. The van der Waals surface area contributed by atoms with Crippen LogP contribution in [0, 0.1) is 16.2 Å². The Bertz CT molecular complexity index is 310. The summed E-state index contributed by atoms with van der Waals surface area (Å²) in [7, 11) is 0. The molecule has 19 heavy (non-hydrogen) atoms. The van der Waals surface area contributed by atoms with Gasteiger partial charge >= 0.3 is 0 Å². The first-order valence-electron chi connectivity index (χ1n) is 8.06. The second kappa shape index (κ2) is 4.73. The monoisotopic (exact) mass is 267 g/mol. The number of nitrogens with two attached hydrogens (primary N) is 1. The van der Waals surface area contributed by atoms with Gasteiger partial charge in [0.15, 0.2) is 0 Å². The standard InChI is InChI=1S/C17H33NO/c1-14(2)10-15(3,4)12-17(19,11-14)16(13-18)8-6-5-7-9-16/h19H,5-13,18H2,1-4H3. The highest BCUT2D eigenvalue weighted by molar-refractivity contribution is 5.08. The lowest BCUT2D eigenvalue weighted by Crippen LogP contribution is -2.59. The summed E-state index contributed by atoms with van der Waals surface area (Å²) in [5, 5.41) is 11.5. The molecule has 0 unspecified atom stereocenters. The summed E-state index contributed by atoms with van der Waals surface area (Å²) in [6.07, 6.45) is 9.05. The Hall–Kier alpha value is -0.0800. The van der Waals surface area contributed by atoms with Gasteiger partial charge in [-0.1, -0.05) is 47.0 Å². The highest BCUT2D eigenvalue weighted by Gasteiger charge is 2.56. The van der Waals surface area contributed by atoms with Crippen LogP contribution in [0.2, 0.25) is 0 Å². The van der Waals surface area contributed by atoms with Crippen molar-refractivity contribution < 1.29 is 5.11 Å². The van der Waals surface area contributed by atoms with E-state index in [-0.39, 0.29) is 16.2 Å². The molecule has 0 spiro atoms. The first kappa shape index (κ1) is 15.3. The second-order valence-corrected chi connectivity index (χ2v) is 8.94. The Morgan fingerprint density at radius 1 is 0.842 bits per heavy atom. The van der Waals surface area contributed by atoms with Gasteiger partial charge in [-0.05, 0) is 42.9 Å². The van der Waals surface area contributed by atoms with E-state index in [9.17, 15) is 5.11 Å². The third-order valence-corrected chi connectivity index (χ3v) is 5.69. The quantitative estimate of drug-likeness (QED) is 0.798. The summed E-state index contributed by atoms with van der Waals surface area (Å²) in [4.78, 5) is 0. The van der Waals surface area contributed by atoms with Crippen molar-refractivity contribution in [2.75, 3.05) is 6.54 Å². The van der Waals surface area contributed by atoms with Crippen molar-refractivity contribution in [1.29, 1.82) is 0 Å². The molecule has 0 aromatic heterocycles. The minimum atomic E-state index is -0.562. The highest BCUT2D eigenvalue weighted by atomic mass is 16.3. The van der Waals surface area contributed by atoms with E-state index in [4.69, 9.17) is 5.73 Å². The maximum atomic E-state index is 11.5. The molecule has 0 saturated heterocycles. The zero-order valence-corrected chi connectivity index (χ0v) is 13.4. The maximum Gasteiger partial charge on any atom is 0.0725 e. The summed E-state index contributed by atoms with van der Waals surface area (Å²) in [5.41, 5.74) is 6.02. The molecule has 0 amide bonds. The van der Waals surface area contributed by atoms with Crippen LogP contribution in [0.5, 0.6) is 0 Å². The summed E-state index contributed by atoms with van der Waals surface area (Å²) >= 11 is 0. The third kappa shape index (κ3) is 2.85. The van der Waals surface area contributed by atoms with E-state index in [1.165, 1.54) is 25.7 Å². The van der Waals surface area contributed by atoms with Gasteiger partial charge in [-0.15, -0.1) is 0 Å². The topological polar surface area (TPSA) is 46.2 Å². The van der Waals surface area contributed by atoms with Crippen molar-refractivity contribution >= 4 is 0 Å². The van der Waals surface area contributed by atoms with Crippen molar-refractivity contribution in [2.24, 2.45) is 22.0 Å². The molecule has 0 atom stereocenters. The minimum absolute atomic E-state index is 0.0276. The van der Waals surface area contributed by atoms with E-state index in [1.807, 2.05) is 0 Å². The predicted octanol–water partition coefficient (Wildman–Crippen LogP) is 3.86. The first-order chi connectivity index (χ1) is 8.64. The van der Waals surface area contributed by atoms with E-state index < -0.39 is 5.60 Å². The molecule has 2 heteroatoms. The van der Waals surface area contributed by atoms with E-state index in [0.717, 1.165) is 25.7 Å². The molecule has 2 rings (SSSR count).